The summed E-state index contributed by atoms with van der Waals surface area (Å²) in [4.78, 5) is 12.4. The lowest BCUT2D eigenvalue weighted by Crippen LogP contribution is -2.45. The minimum atomic E-state index is -0.870. The van der Waals surface area contributed by atoms with Gasteiger partial charge in [0.1, 0.15) is 0 Å². The molecule has 0 aliphatic heterocycles. The third-order valence-corrected chi connectivity index (χ3v) is 9.72. The van der Waals surface area contributed by atoms with Crippen molar-refractivity contribution >= 4 is 5.91 Å². The van der Waals surface area contributed by atoms with Crippen LogP contribution in [0.1, 0.15) is 213 Å². The van der Waals surface area contributed by atoms with Gasteiger partial charge < -0.3 is 15.5 Å². The molecule has 2 atom stereocenters. The SMILES string of the molecule is CCCCCCC/C=C\C/C=C\C/C=C\CCCCCCCCC(=O)NC(CO)C(O)/C=C/CC/C=C/CCCCCCCCCCCCCC. The van der Waals surface area contributed by atoms with Gasteiger partial charge in [-0.15, -0.1) is 0 Å². The Morgan fingerprint density at radius 1 is 0.471 bits per heavy atom. The van der Waals surface area contributed by atoms with Crippen molar-refractivity contribution in [1.82, 2.24) is 5.32 Å². The Hall–Kier alpha value is -1.91. The first-order chi connectivity index (χ1) is 25.2. The van der Waals surface area contributed by atoms with Gasteiger partial charge in [-0.3, -0.25) is 4.79 Å². The van der Waals surface area contributed by atoms with Crippen LogP contribution < -0.4 is 5.32 Å². The second kappa shape index (κ2) is 42.5. The van der Waals surface area contributed by atoms with Gasteiger partial charge in [-0.25, -0.2) is 0 Å². The lowest BCUT2D eigenvalue weighted by Gasteiger charge is -2.19. The van der Waals surface area contributed by atoms with Gasteiger partial charge in [0, 0.05) is 6.42 Å². The summed E-state index contributed by atoms with van der Waals surface area (Å²) < 4.78 is 0. The topological polar surface area (TPSA) is 69.6 Å². The molecular formula is C47H85NO3. The Balaban J connectivity index is 3.67. The lowest BCUT2D eigenvalue weighted by atomic mass is 10.0. The molecule has 2 unspecified atom stereocenters. The van der Waals surface area contributed by atoms with Gasteiger partial charge in [0.2, 0.25) is 5.91 Å². The smallest absolute Gasteiger partial charge is 0.220 e. The van der Waals surface area contributed by atoms with Crippen molar-refractivity contribution in [3.05, 3.63) is 60.8 Å². The molecule has 0 aromatic rings. The molecule has 0 saturated carbocycles. The summed E-state index contributed by atoms with van der Waals surface area (Å²) >= 11 is 0. The average Bonchev–Trinajstić information content (AvgIpc) is 3.13. The number of hydrogen-bond donors (Lipinski definition) is 3. The van der Waals surface area contributed by atoms with Crippen LogP contribution in [0.5, 0.6) is 0 Å². The Kier molecular flexibility index (Phi) is 40.9. The zero-order valence-electron chi connectivity index (χ0n) is 33.9. The molecule has 296 valence electrons. The van der Waals surface area contributed by atoms with Crippen LogP contribution in [0.4, 0.5) is 0 Å². The van der Waals surface area contributed by atoms with Crippen molar-refractivity contribution in [2.75, 3.05) is 6.61 Å². The fourth-order valence-corrected chi connectivity index (χ4v) is 6.32. The van der Waals surface area contributed by atoms with E-state index in [0.717, 1.165) is 57.8 Å². The molecule has 0 saturated heterocycles. The average molecular weight is 712 g/mol. The van der Waals surface area contributed by atoms with Gasteiger partial charge in [-0.1, -0.05) is 197 Å². The van der Waals surface area contributed by atoms with E-state index < -0.39 is 12.1 Å². The van der Waals surface area contributed by atoms with Crippen molar-refractivity contribution in [2.45, 2.75) is 225 Å². The molecular weight excluding hydrogens is 627 g/mol. The van der Waals surface area contributed by atoms with Crippen LogP contribution in [0.2, 0.25) is 0 Å². The van der Waals surface area contributed by atoms with Crippen molar-refractivity contribution in [1.29, 1.82) is 0 Å². The molecule has 0 aliphatic carbocycles. The number of carbonyl (C=O) groups is 1. The number of aliphatic hydroxyl groups is 2. The van der Waals surface area contributed by atoms with E-state index in [2.05, 4.69) is 67.8 Å². The summed E-state index contributed by atoms with van der Waals surface area (Å²) in [5.74, 6) is -0.0877. The van der Waals surface area contributed by atoms with Gasteiger partial charge in [0.15, 0.2) is 0 Å². The highest BCUT2D eigenvalue weighted by atomic mass is 16.3. The van der Waals surface area contributed by atoms with E-state index in [9.17, 15) is 15.0 Å². The molecule has 0 aliphatic rings. The number of aliphatic hydroxyl groups excluding tert-OH is 2. The highest BCUT2D eigenvalue weighted by Gasteiger charge is 2.17. The molecule has 0 spiro atoms. The molecule has 0 heterocycles. The van der Waals surface area contributed by atoms with Gasteiger partial charge in [-0.05, 0) is 70.6 Å². The van der Waals surface area contributed by atoms with Crippen molar-refractivity contribution in [2.24, 2.45) is 0 Å². The van der Waals surface area contributed by atoms with E-state index in [0.29, 0.717) is 6.42 Å². The number of rotatable bonds is 39. The van der Waals surface area contributed by atoms with E-state index in [1.165, 1.54) is 135 Å². The highest BCUT2D eigenvalue weighted by Crippen LogP contribution is 2.13. The summed E-state index contributed by atoms with van der Waals surface area (Å²) in [7, 11) is 0. The number of hydrogen-bond acceptors (Lipinski definition) is 3. The van der Waals surface area contributed by atoms with E-state index in [1.807, 2.05) is 6.08 Å². The normalized spacial score (nSPS) is 13.6. The third-order valence-electron chi connectivity index (χ3n) is 9.72. The molecule has 0 aromatic carbocycles. The summed E-state index contributed by atoms with van der Waals surface area (Å²) in [6, 6.07) is -0.648. The maximum absolute atomic E-state index is 12.4. The van der Waals surface area contributed by atoms with E-state index in [-0.39, 0.29) is 12.5 Å². The first kappa shape index (κ1) is 49.1. The Morgan fingerprint density at radius 3 is 1.27 bits per heavy atom. The van der Waals surface area contributed by atoms with Crippen LogP contribution in [0.15, 0.2) is 60.8 Å². The summed E-state index contributed by atoms with van der Waals surface area (Å²) in [6.45, 7) is 4.28. The number of allylic oxidation sites excluding steroid dienone is 9. The standard InChI is InChI=1S/C47H85NO3/c1-3-5-7-9-11-13-15-17-19-21-23-24-25-27-29-31-33-35-37-39-41-43-47(51)48-45(44-49)46(50)42-40-38-36-34-32-30-28-26-22-20-18-16-14-12-10-8-6-4-2/h15,17,21,23,25,27,32,34,40,42,45-46,49-50H,3-14,16,18-20,22,24,26,28-31,33,35-39,41,43-44H2,1-2H3,(H,48,51)/b17-15-,23-21-,27-25-,34-32+,42-40+. The largest absolute Gasteiger partial charge is 0.394 e. The molecule has 1 amide bonds. The number of carbonyl (C=O) groups excluding carboxylic acids is 1. The van der Waals surface area contributed by atoms with Crippen molar-refractivity contribution in [3.8, 4) is 0 Å². The Labute approximate surface area is 317 Å². The van der Waals surface area contributed by atoms with E-state index in [4.69, 9.17) is 0 Å². The van der Waals surface area contributed by atoms with Gasteiger partial charge in [0.05, 0.1) is 18.8 Å². The molecule has 3 N–H and O–H groups in total. The lowest BCUT2D eigenvalue weighted by molar-refractivity contribution is -0.123. The van der Waals surface area contributed by atoms with E-state index in [1.54, 1.807) is 6.08 Å². The van der Waals surface area contributed by atoms with Gasteiger partial charge in [0.25, 0.3) is 0 Å². The quantitative estimate of drug-likeness (QED) is 0.0439. The monoisotopic (exact) mass is 712 g/mol. The van der Waals surface area contributed by atoms with Crippen LogP contribution in [-0.2, 0) is 4.79 Å². The van der Waals surface area contributed by atoms with Crippen LogP contribution in [-0.4, -0.2) is 34.9 Å². The zero-order valence-corrected chi connectivity index (χ0v) is 33.9. The second-order valence-corrected chi connectivity index (χ2v) is 14.8. The molecule has 4 heteroatoms. The fourth-order valence-electron chi connectivity index (χ4n) is 6.32. The molecule has 0 radical (unpaired) electrons. The van der Waals surface area contributed by atoms with Crippen LogP contribution in [0, 0.1) is 0 Å². The van der Waals surface area contributed by atoms with Gasteiger partial charge in [-0.2, -0.15) is 0 Å². The maximum Gasteiger partial charge on any atom is 0.220 e. The van der Waals surface area contributed by atoms with Crippen LogP contribution in [0.25, 0.3) is 0 Å². The molecule has 0 aromatic heterocycles. The minimum absolute atomic E-state index is 0.0877. The maximum atomic E-state index is 12.4. The third kappa shape index (κ3) is 39.1. The number of amides is 1. The molecule has 0 rings (SSSR count). The molecule has 4 nitrogen and oxygen atoms in total. The summed E-state index contributed by atoms with van der Waals surface area (Å²) in [6.07, 6.45) is 58.9. The molecule has 0 fully saturated rings. The summed E-state index contributed by atoms with van der Waals surface area (Å²) in [5.41, 5.74) is 0. The first-order valence-electron chi connectivity index (χ1n) is 22.0. The Morgan fingerprint density at radius 2 is 0.824 bits per heavy atom. The van der Waals surface area contributed by atoms with E-state index >= 15 is 0 Å². The van der Waals surface area contributed by atoms with Gasteiger partial charge >= 0.3 is 0 Å². The Bertz CT molecular complexity index is 858. The van der Waals surface area contributed by atoms with Crippen LogP contribution in [0.3, 0.4) is 0 Å². The highest BCUT2D eigenvalue weighted by molar-refractivity contribution is 5.76. The predicted molar refractivity (Wildman–Crippen MR) is 225 cm³/mol. The fraction of sp³-hybridized carbons (Fsp3) is 0.766. The minimum Gasteiger partial charge on any atom is -0.394 e. The van der Waals surface area contributed by atoms with Crippen molar-refractivity contribution in [3.63, 3.8) is 0 Å². The first-order valence-corrected chi connectivity index (χ1v) is 22.0. The van der Waals surface area contributed by atoms with Crippen LogP contribution >= 0.6 is 0 Å². The molecule has 51 heavy (non-hydrogen) atoms. The molecule has 0 bridgehead atoms. The summed E-state index contributed by atoms with van der Waals surface area (Å²) in [5, 5.41) is 23.0. The predicted octanol–water partition coefficient (Wildman–Crippen LogP) is 13.7. The zero-order chi connectivity index (χ0) is 37.1. The number of nitrogens with one attached hydrogen (secondary N) is 1. The number of unbranched alkanes of at least 4 members (excludes halogenated alkanes) is 24. The van der Waals surface area contributed by atoms with Crippen molar-refractivity contribution < 1.29 is 15.0 Å². The second-order valence-electron chi connectivity index (χ2n) is 14.8.